The second kappa shape index (κ2) is 8.06. The van der Waals surface area contributed by atoms with Crippen LogP contribution in [0, 0.1) is 0 Å². The molecule has 1 heterocycles. The van der Waals surface area contributed by atoms with Crippen molar-refractivity contribution in [1.82, 2.24) is 0 Å². The van der Waals surface area contributed by atoms with E-state index in [4.69, 9.17) is 18.9 Å². The summed E-state index contributed by atoms with van der Waals surface area (Å²) in [4.78, 5) is 13.9. The van der Waals surface area contributed by atoms with E-state index in [1.165, 1.54) is 39.1 Å². The van der Waals surface area contributed by atoms with Crippen LogP contribution in [0.1, 0.15) is 30.1 Å². The van der Waals surface area contributed by atoms with Crippen LogP contribution >= 0.6 is 0 Å². The Morgan fingerprint density at radius 3 is 2.13 bits per heavy atom. The summed E-state index contributed by atoms with van der Waals surface area (Å²) in [6.07, 6.45) is 2.38. The molecule has 0 saturated carbocycles. The molecule has 0 aromatic heterocycles. The summed E-state index contributed by atoms with van der Waals surface area (Å²) in [5.41, 5.74) is 0.391. The molecule has 1 aliphatic rings. The Morgan fingerprint density at radius 2 is 1.65 bits per heavy atom. The molecule has 128 valence electrons. The normalized spacial score (nSPS) is 16.0. The SMILES string of the molecule is COc1cc(C(=O)O[C@@H](C)C[NH+]2CCCC2)cc(OC)c1OC. The Balaban J connectivity index is 2.08. The molecule has 1 fully saturated rings. The highest BCUT2D eigenvalue weighted by molar-refractivity contribution is 5.91. The molecule has 0 unspecified atom stereocenters. The van der Waals surface area contributed by atoms with Crippen molar-refractivity contribution in [2.75, 3.05) is 41.0 Å². The molecule has 0 amide bonds. The highest BCUT2D eigenvalue weighted by Gasteiger charge is 2.23. The van der Waals surface area contributed by atoms with Crippen LogP contribution in [0.15, 0.2) is 12.1 Å². The monoisotopic (exact) mass is 324 g/mol. The van der Waals surface area contributed by atoms with Gasteiger partial charge in [-0.05, 0) is 19.1 Å². The third kappa shape index (κ3) is 4.28. The molecule has 0 aliphatic carbocycles. The van der Waals surface area contributed by atoms with Crippen LogP contribution in [0.4, 0.5) is 0 Å². The van der Waals surface area contributed by atoms with Crippen LogP contribution in [0.3, 0.4) is 0 Å². The number of hydrogen-bond acceptors (Lipinski definition) is 5. The van der Waals surface area contributed by atoms with Gasteiger partial charge in [0.05, 0.1) is 40.0 Å². The molecule has 6 heteroatoms. The number of carbonyl (C=O) groups is 1. The third-order valence-electron chi connectivity index (χ3n) is 4.10. The van der Waals surface area contributed by atoms with Crippen LogP contribution in [0.5, 0.6) is 17.2 Å². The average Bonchev–Trinajstić information content (AvgIpc) is 3.05. The van der Waals surface area contributed by atoms with Gasteiger partial charge in [-0.1, -0.05) is 0 Å². The first-order valence-corrected chi connectivity index (χ1v) is 7.93. The zero-order valence-electron chi connectivity index (χ0n) is 14.3. The number of hydrogen-bond donors (Lipinski definition) is 1. The maximum absolute atomic E-state index is 12.4. The number of nitrogens with one attached hydrogen (secondary N) is 1. The number of likely N-dealkylation sites (tertiary alicyclic amines) is 1. The van der Waals surface area contributed by atoms with Crippen molar-refractivity contribution in [1.29, 1.82) is 0 Å². The Labute approximate surface area is 137 Å². The van der Waals surface area contributed by atoms with Crippen LogP contribution in [0.2, 0.25) is 0 Å². The standard InChI is InChI=1S/C17H25NO5/c1-12(11-18-7-5-6-8-18)23-17(19)13-9-14(20-2)16(22-4)15(10-13)21-3/h9-10,12H,5-8,11H2,1-4H3/p+1/t12-/m0/s1. The molecule has 1 aromatic carbocycles. The van der Waals surface area contributed by atoms with Crippen LogP contribution < -0.4 is 19.1 Å². The van der Waals surface area contributed by atoms with E-state index in [9.17, 15) is 4.79 Å². The number of ether oxygens (including phenoxy) is 4. The molecule has 1 aromatic rings. The Hall–Kier alpha value is -1.95. The number of benzene rings is 1. The van der Waals surface area contributed by atoms with Gasteiger partial charge in [0, 0.05) is 12.8 Å². The first-order chi connectivity index (χ1) is 11.1. The largest absolute Gasteiger partial charge is 0.493 e. The van der Waals surface area contributed by atoms with Crippen molar-refractivity contribution in [2.45, 2.75) is 25.9 Å². The van der Waals surface area contributed by atoms with E-state index in [0.717, 1.165) is 19.6 Å². The second-order valence-corrected chi connectivity index (χ2v) is 5.79. The quantitative estimate of drug-likeness (QED) is 0.757. The Bertz CT molecular complexity index is 515. The van der Waals surface area contributed by atoms with E-state index in [2.05, 4.69) is 0 Å². The average molecular weight is 324 g/mol. The van der Waals surface area contributed by atoms with Crippen molar-refractivity contribution in [3.05, 3.63) is 17.7 Å². The minimum absolute atomic E-state index is 0.130. The predicted molar refractivity (Wildman–Crippen MR) is 85.8 cm³/mol. The molecular formula is C17H26NO5+. The van der Waals surface area contributed by atoms with Gasteiger partial charge in [-0.15, -0.1) is 0 Å². The number of quaternary nitrogens is 1. The van der Waals surface area contributed by atoms with Gasteiger partial charge >= 0.3 is 5.97 Å². The van der Waals surface area contributed by atoms with Gasteiger partial charge in [0.2, 0.25) is 5.75 Å². The number of carbonyl (C=O) groups excluding carboxylic acids is 1. The summed E-state index contributed by atoms with van der Waals surface area (Å²) in [5.74, 6) is 0.963. The first-order valence-electron chi connectivity index (χ1n) is 7.93. The van der Waals surface area contributed by atoms with E-state index in [1.807, 2.05) is 6.92 Å². The fraction of sp³-hybridized carbons (Fsp3) is 0.588. The van der Waals surface area contributed by atoms with Crippen molar-refractivity contribution >= 4 is 5.97 Å². The lowest BCUT2D eigenvalue weighted by molar-refractivity contribution is -0.890. The Kier molecular flexibility index (Phi) is 6.10. The maximum atomic E-state index is 12.4. The number of rotatable bonds is 7. The van der Waals surface area contributed by atoms with E-state index in [-0.39, 0.29) is 12.1 Å². The van der Waals surface area contributed by atoms with Gasteiger partial charge in [0.15, 0.2) is 11.5 Å². The van der Waals surface area contributed by atoms with Gasteiger partial charge in [0.1, 0.15) is 12.6 Å². The molecular weight excluding hydrogens is 298 g/mol. The Morgan fingerprint density at radius 1 is 1.09 bits per heavy atom. The summed E-state index contributed by atoms with van der Waals surface area (Å²) < 4.78 is 21.3. The van der Waals surface area contributed by atoms with E-state index < -0.39 is 0 Å². The van der Waals surface area contributed by atoms with Crippen molar-refractivity contribution < 1.29 is 28.6 Å². The molecule has 2 rings (SSSR count). The van der Waals surface area contributed by atoms with Crippen molar-refractivity contribution in [2.24, 2.45) is 0 Å². The lowest BCUT2D eigenvalue weighted by atomic mass is 10.2. The highest BCUT2D eigenvalue weighted by Crippen LogP contribution is 2.38. The highest BCUT2D eigenvalue weighted by atomic mass is 16.5. The number of methoxy groups -OCH3 is 3. The van der Waals surface area contributed by atoms with Gasteiger partial charge < -0.3 is 23.8 Å². The minimum atomic E-state index is -0.379. The summed E-state index contributed by atoms with van der Waals surface area (Å²) in [6.45, 7) is 5.09. The zero-order chi connectivity index (χ0) is 16.8. The molecule has 0 spiro atoms. The van der Waals surface area contributed by atoms with Crippen LogP contribution in [-0.4, -0.2) is 53.0 Å². The third-order valence-corrected chi connectivity index (χ3v) is 4.10. The van der Waals surface area contributed by atoms with Crippen molar-refractivity contribution in [3.8, 4) is 17.2 Å². The smallest absolute Gasteiger partial charge is 0.338 e. The molecule has 6 nitrogen and oxygen atoms in total. The predicted octanol–water partition coefficient (Wildman–Crippen LogP) is 0.936. The minimum Gasteiger partial charge on any atom is -0.493 e. The van der Waals surface area contributed by atoms with Gasteiger partial charge in [-0.25, -0.2) is 4.79 Å². The molecule has 0 bridgehead atoms. The van der Waals surface area contributed by atoms with E-state index in [0.29, 0.717) is 22.8 Å². The molecule has 1 saturated heterocycles. The summed E-state index contributed by atoms with van der Waals surface area (Å²) in [7, 11) is 4.57. The maximum Gasteiger partial charge on any atom is 0.338 e. The first kappa shape index (κ1) is 17.4. The van der Waals surface area contributed by atoms with E-state index in [1.54, 1.807) is 12.1 Å². The van der Waals surface area contributed by atoms with Crippen molar-refractivity contribution in [3.63, 3.8) is 0 Å². The number of esters is 1. The summed E-state index contributed by atoms with van der Waals surface area (Å²) in [5, 5.41) is 0. The lowest BCUT2D eigenvalue weighted by Gasteiger charge is -2.19. The summed E-state index contributed by atoms with van der Waals surface area (Å²) in [6, 6.07) is 3.22. The second-order valence-electron chi connectivity index (χ2n) is 5.79. The molecule has 1 N–H and O–H groups in total. The lowest BCUT2D eigenvalue weighted by Crippen LogP contribution is -3.11. The fourth-order valence-corrected chi connectivity index (χ4v) is 2.98. The summed E-state index contributed by atoms with van der Waals surface area (Å²) >= 11 is 0. The zero-order valence-corrected chi connectivity index (χ0v) is 14.3. The topological polar surface area (TPSA) is 58.4 Å². The van der Waals surface area contributed by atoms with Gasteiger partial charge in [0.25, 0.3) is 0 Å². The van der Waals surface area contributed by atoms with Gasteiger partial charge in [-0.2, -0.15) is 0 Å². The van der Waals surface area contributed by atoms with Crippen LogP contribution in [0.25, 0.3) is 0 Å². The molecule has 1 atom stereocenters. The molecule has 1 aliphatic heterocycles. The van der Waals surface area contributed by atoms with E-state index >= 15 is 0 Å². The molecule has 23 heavy (non-hydrogen) atoms. The molecule has 0 radical (unpaired) electrons. The van der Waals surface area contributed by atoms with Gasteiger partial charge in [-0.3, -0.25) is 0 Å². The van der Waals surface area contributed by atoms with Crippen LogP contribution in [-0.2, 0) is 4.74 Å². The fourth-order valence-electron chi connectivity index (χ4n) is 2.98.